The Hall–Kier alpha value is -8.80. The van der Waals surface area contributed by atoms with Crippen LogP contribution in [0.25, 0.3) is 21.8 Å². The third-order valence-electron chi connectivity index (χ3n) is 8.53. The average molecular weight is 949 g/mol. The molecule has 6 N–H and O–H groups in total. The number of hydrogen-bond acceptors (Lipinski definition) is 15. The minimum atomic E-state index is -1.21. The van der Waals surface area contributed by atoms with Crippen molar-refractivity contribution in [2.24, 2.45) is 0 Å². The highest BCUT2D eigenvalue weighted by atomic mass is 16.6. The van der Waals surface area contributed by atoms with Crippen molar-refractivity contribution in [2.75, 3.05) is 44.1 Å². The summed E-state index contributed by atoms with van der Waals surface area (Å²) in [6, 6.07) is 32.5. The number of aromatic nitrogens is 2. The van der Waals surface area contributed by atoms with E-state index in [1.807, 2.05) is 66.7 Å². The standard InChI is InChI=1S/C14H17NO4.C12H11NO3.C10H7NO3.C9H14O4.C6H7N/c1-3-18-13(16)12(14(17)19-4-2)10-15-11-8-6-5-7-9-11;1-2-16-12(15)9-7-13-10-6-4-3-5-8(10)11(9)14;12-9-6-3-1-2-4-8(6)11-5-7(9)10(13)14;1-4-7(8(10)12-5-2)9(11)13-6-3;7-6-4-2-1-3-5-6/h5-10,15H,3-4H2,1-2H3;3-7H,2H2,1H3,(H,13,14);1-5H,(H,11,12)(H,13,14);4H,5-6H2,1-3H3;1-5H,7H2. The molecule has 18 nitrogen and oxygen atoms in total. The van der Waals surface area contributed by atoms with Gasteiger partial charge in [0.1, 0.15) is 16.7 Å². The lowest BCUT2D eigenvalue weighted by atomic mass is 10.1. The van der Waals surface area contributed by atoms with Gasteiger partial charge in [0.15, 0.2) is 5.57 Å². The molecule has 0 aliphatic heterocycles. The zero-order valence-electron chi connectivity index (χ0n) is 39.1. The molecule has 2 aromatic heterocycles. The van der Waals surface area contributed by atoms with E-state index in [-0.39, 0.29) is 60.7 Å². The number of fused-ring (bicyclic) bond motifs is 2. The molecule has 0 unspecified atom stereocenters. The van der Waals surface area contributed by atoms with Crippen LogP contribution in [0.15, 0.2) is 155 Å². The summed E-state index contributed by atoms with van der Waals surface area (Å²) in [5.41, 5.74) is 7.13. The molecule has 0 saturated heterocycles. The largest absolute Gasteiger partial charge is 0.477 e. The monoisotopic (exact) mass is 948 g/mol. The van der Waals surface area contributed by atoms with E-state index < -0.39 is 41.2 Å². The van der Waals surface area contributed by atoms with Crippen LogP contribution in [-0.2, 0) is 42.9 Å². The Kier molecular flexibility index (Phi) is 25.5. The molecule has 0 saturated carbocycles. The summed E-state index contributed by atoms with van der Waals surface area (Å²) in [7, 11) is 0. The van der Waals surface area contributed by atoms with E-state index in [9.17, 15) is 38.4 Å². The second-order valence-electron chi connectivity index (χ2n) is 13.2. The van der Waals surface area contributed by atoms with Gasteiger partial charge in [-0.3, -0.25) is 9.59 Å². The van der Waals surface area contributed by atoms with E-state index in [0.717, 1.165) is 11.4 Å². The molecule has 0 bridgehead atoms. The maximum Gasteiger partial charge on any atom is 0.347 e. The van der Waals surface area contributed by atoms with Crippen molar-refractivity contribution in [1.82, 2.24) is 9.97 Å². The van der Waals surface area contributed by atoms with Gasteiger partial charge in [-0.2, -0.15) is 0 Å². The second-order valence-corrected chi connectivity index (χ2v) is 13.2. The lowest BCUT2D eigenvalue weighted by Gasteiger charge is -2.07. The topological polar surface area (TPSA) is 273 Å². The molecule has 0 aliphatic carbocycles. The van der Waals surface area contributed by atoms with Gasteiger partial charge >= 0.3 is 35.8 Å². The number of carboxylic acid groups (broad SMARTS) is 1. The van der Waals surface area contributed by atoms with Gasteiger partial charge in [-0.05, 0) is 90.1 Å². The van der Waals surface area contributed by atoms with Gasteiger partial charge in [-0.1, -0.05) is 66.7 Å². The van der Waals surface area contributed by atoms with Crippen LogP contribution in [0.3, 0.4) is 0 Å². The average Bonchev–Trinajstić information content (AvgIpc) is 3.34. The van der Waals surface area contributed by atoms with Crippen LogP contribution in [0.2, 0.25) is 0 Å². The number of benzene rings is 4. The van der Waals surface area contributed by atoms with Gasteiger partial charge in [-0.25, -0.2) is 28.8 Å². The molecule has 69 heavy (non-hydrogen) atoms. The number of allylic oxidation sites excluding steroid dienone is 1. The summed E-state index contributed by atoms with van der Waals surface area (Å²) in [6.07, 6.45) is 5.29. The molecule has 0 amide bonds. The number of anilines is 2. The highest BCUT2D eigenvalue weighted by Crippen LogP contribution is 2.10. The van der Waals surface area contributed by atoms with Crippen LogP contribution in [0.4, 0.5) is 11.4 Å². The fraction of sp³-hybridized carbons (Fsp3) is 0.216. The van der Waals surface area contributed by atoms with Gasteiger partial charge < -0.3 is 49.8 Å². The van der Waals surface area contributed by atoms with Crippen molar-refractivity contribution in [1.29, 1.82) is 0 Å². The summed E-state index contributed by atoms with van der Waals surface area (Å²) in [4.78, 5) is 96.8. The number of nitrogen functional groups attached to an aromatic ring is 1. The third kappa shape index (κ3) is 18.9. The van der Waals surface area contributed by atoms with E-state index in [1.54, 1.807) is 84.0 Å². The van der Waals surface area contributed by atoms with Crippen LogP contribution in [0.5, 0.6) is 0 Å². The Morgan fingerprint density at radius 1 is 0.536 bits per heavy atom. The molecule has 0 radical (unpaired) electrons. The fourth-order valence-electron chi connectivity index (χ4n) is 5.35. The molecular weight excluding hydrogens is 893 g/mol. The van der Waals surface area contributed by atoms with Crippen LogP contribution in [0.1, 0.15) is 62.3 Å². The highest BCUT2D eigenvalue weighted by molar-refractivity contribution is 6.14. The van der Waals surface area contributed by atoms with E-state index in [1.165, 1.54) is 24.7 Å². The summed E-state index contributed by atoms with van der Waals surface area (Å²) in [5.74, 6) is -4.48. The summed E-state index contributed by atoms with van der Waals surface area (Å²) < 4.78 is 23.7. The zero-order valence-corrected chi connectivity index (χ0v) is 39.1. The smallest absolute Gasteiger partial charge is 0.347 e. The number of aromatic carboxylic acids is 1. The lowest BCUT2D eigenvalue weighted by molar-refractivity contribution is -0.148. The fourth-order valence-corrected chi connectivity index (χ4v) is 5.35. The van der Waals surface area contributed by atoms with Crippen LogP contribution in [-0.4, -0.2) is 83.9 Å². The zero-order chi connectivity index (χ0) is 51.1. The number of hydrogen-bond donors (Lipinski definition) is 5. The first-order valence-corrected chi connectivity index (χ1v) is 21.5. The number of carboxylic acids is 1. The molecule has 0 atom stereocenters. The Morgan fingerprint density at radius 3 is 1.30 bits per heavy atom. The summed E-state index contributed by atoms with van der Waals surface area (Å²) in [6.45, 7) is 11.1. The molecular formula is C51H56N4O14. The number of nitrogens with two attached hydrogens (primary N) is 1. The van der Waals surface area contributed by atoms with E-state index in [4.69, 9.17) is 25.1 Å². The van der Waals surface area contributed by atoms with Gasteiger partial charge in [0.05, 0.1) is 33.0 Å². The number of carbonyl (C=O) groups excluding carboxylic acids is 5. The number of para-hydroxylation sites is 4. The van der Waals surface area contributed by atoms with E-state index in [2.05, 4.69) is 24.8 Å². The van der Waals surface area contributed by atoms with E-state index >= 15 is 0 Å². The third-order valence-corrected chi connectivity index (χ3v) is 8.53. The summed E-state index contributed by atoms with van der Waals surface area (Å²) >= 11 is 0. The van der Waals surface area contributed by atoms with Crippen LogP contribution >= 0.6 is 0 Å². The molecule has 2 heterocycles. The first-order valence-electron chi connectivity index (χ1n) is 21.5. The number of aromatic amines is 2. The van der Waals surface area contributed by atoms with Crippen molar-refractivity contribution in [3.05, 3.63) is 177 Å². The second kappa shape index (κ2) is 31.2. The van der Waals surface area contributed by atoms with Crippen molar-refractivity contribution < 1.29 is 57.6 Å². The molecule has 0 spiro atoms. The van der Waals surface area contributed by atoms with Gasteiger partial charge in [-0.15, -0.1) is 0 Å². The van der Waals surface area contributed by atoms with Crippen molar-refractivity contribution in [2.45, 2.75) is 41.5 Å². The minimum Gasteiger partial charge on any atom is -0.477 e. The van der Waals surface area contributed by atoms with Crippen molar-refractivity contribution in [3.63, 3.8) is 0 Å². The first-order chi connectivity index (χ1) is 33.2. The SMILES string of the molecule is CC=C(C(=O)OCC)C(=O)OCC.CCOC(=O)C(=CNc1ccccc1)C(=O)OCC.CCOC(=O)c1c[nH]c2ccccc2c1=O.Nc1ccccc1.O=C(O)c1c[nH]c2ccccc2c1=O. The Labute approximate surface area is 397 Å². The van der Waals surface area contributed by atoms with E-state index in [0.29, 0.717) is 21.8 Å². The minimum absolute atomic E-state index is 0.0422. The van der Waals surface area contributed by atoms with Crippen LogP contribution < -0.4 is 21.9 Å². The van der Waals surface area contributed by atoms with Gasteiger partial charge in [0.25, 0.3) is 0 Å². The highest BCUT2D eigenvalue weighted by Gasteiger charge is 2.21. The predicted octanol–water partition coefficient (Wildman–Crippen LogP) is 7.37. The molecule has 6 rings (SSSR count). The van der Waals surface area contributed by atoms with Crippen molar-refractivity contribution >= 4 is 69.0 Å². The molecule has 0 fully saturated rings. The molecule has 6 aromatic rings. The number of nitrogens with one attached hydrogen (secondary N) is 3. The number of H-pyrrole nitrogens is 2. The maximum atomic E-state index is 11.9. The first kappa shape index (κ1) is 56.3. The number of ether oxygens (including phenoxy) is 5. The number of esters is 5. The molecule has 18 heteroatoms. The van der Waals surface area contributed by atoms with Crippen LogP contribution in [0, 0.1) is 0 Å². The summed E-state index contributed by atoms with van der Waals surface area (Å²) in [5, 5.41) is 12.5. The predicted molar refractivity (Wildman–Crippen MR) is 261 cm³/mol. The maximum absolute atomic E-state index is 11.9. The molecule has 0 aliphatic rings. The van der Waals surface area contributed by atoms with Gasteiger partial charge in [0, 0.05) is 51.8 Å². The number of pyridine rings is 2. The number of carbonyl (C=O) groups is 6. The Morgan fingerprint density at radius 2 is 0.913 bits per heavy atom. The quantitative estimate of drug-likeness (QED) is 0.0189. The number of rotatable bonds is 13. The Balaban J connectivity index is 0.000000303. The normalized spacial score (nSPS) is 9.59. The van der Waals surface area contributed by atoms with Gasteiger partial charge in [0.2, 0.25) is 10.9 Å². The lowest BCUT2D eigenvalue weighted by Crippen LogP contribution is -2.19. The van der Waals surface area contributed by atoms with Crippen molar-refractivity contribution in [3.8, 4) is 0 Å². The molecule has 4 aromatic carbocycles. The Bertz CT molecular complexity index is 2760. The molecule has 364 valence electrons.